The Bertz CT molecular complexity index is 1300. The van der Waals surface area contributed by atoms with Crippen LogP contribution in [0.2, 0.25) is 0 Å². The lowest BCUT2D eigenvalue weighted by molar-refractivity contribution is 0.492. The second-order valence-corrected chi connectivity index (χ2v) is 6.11. The van der Waals surface area contributed by atoms with Crippen molar-refractivity contribution in [2.45, 2.75) is 19.5 Å². The molecule has 0 N–H and O–H groups in total. The second-order valence-electron chi connectivity index (χ2n) is 6.11. The van der Waals surface area contributed by atoms with Gasteiger partial charge in [-0.15, -0.1) is 5.10 Å². The minimum absolute atomic E-state index is 0.187. The average Bonchev–Trinajstić information content (AvgIpc) is 3.17. The van der Waals surface area contributed by atoms with E-state index in [4.69, 9.17) is 0 Å². The average molecular weight is 355 g/mol. The maximum Gasteiger partial charge on any atom is 0.350 e. The third-order valence-electron chi connectivity index (χ3n) is 4.44. The van der Waals surface area contributed by atoms with Gasteiger partial charge in [0, 0.05) is 33.4 Å². The Kier molecular flexibility index (Phi) is 3.60. The Morgan fingerprint density at radius 1 is 1.04 bits per heavy atom. The fraction of sp³-hybridized carbons (Fsp3) is 0.312. The van der Waals surface area contributed by atoms with E-state index in [2.05, 4.69) is 10.1 Å². The molecule has 0 aromatic carbocycles. The molecule has 0 atom stereocenters. The Balaban J connectivity index is 1.65. The quantitative estimate of drug-likeness (QED) is 0.483. The van der Waals surface area contributed by atoms with Crippen molar-refractivity contribution in [3.63, 3.8) is 0 Å². The first-order valence-corrected chi connectivity index (χ1v) is 8.14. The molecule has 0 saturated heterocycles. The number of aromatic nitrogens is 7. The summed E-state index contributed by atoms with van der Waals surface area (Å²) < 4.78 is 6.92. The maximum absolute atomic E-state index is 12.6. The zero-order chi connectivity index (χ0) is 18.4. The molecule has 10 heteroatoms. The fourth-order valence-electron chi connectivity index (χ4n) is 3.09. The number of rotatable bonds is 4. The van der Waals surface area contributed by atoms with Crippen LogP contribution in [0.3, 0.4) is 0 Å². The molecule has 10 nitrogen and oxygen atoms in total. The molecule has 134 valence electrons. The fourth-order valence-corrected chi connectivity index (χ4v) is 3.09. The van der Waals surface area contributed by atoms with Gasteiger partial charge in [0.05, 0.1) is 6.33 Å². The molecule has 4 aromatic rings. The molecule has 0 fully saturated rings. The summed E-state index contributed by atoms with van der Waals surface area (Å²) in [5.74, 6) is 0. The van der Waals surface area contributed by atoms with Crippen LogP contribution in [0, 0.1) is 0 Å². The van der Waals surface area contributed by atoms with Gasteiger partial charge in [0.25, 0.3) is 5.56 Å². The summed E-state index contributed by atoms with van der Waals surface area (Å²) in [6, 6.07) is 5.31. The third kappa shape index (κ3) is 2.30. The molecule has 26 heavy (non-hydrogen) atoms. The number of aryl methyl sites for hydroxylation is 3. The molecule has 0 amide bonds. The molecule has 0 aliphatic heterocycles. The number of pyridine rings is 1. The summed E-state index contributed by atoms with van der Waals surface area (Å²) >= 11 is 0. The largest absolute Gasteiger partial charge is 0.350 e. The molecular weight excluding hydrogens is 338 g/mol. The molecular formula is C16H17N7O3. The molecule has 4 rings (SSSR count). The van der Waals surface area contributed by atoms with Crippen LogP contribution < -0.4 is 16.9 Å². The highest BCUT2D eigenvalue weighted by molar-refractivity contribution is 5.69. The van der Waals surface area contributed by atoms with Gasteiger partial charge in [-0.3, -0.25) is 18.3 Å². The predicted octanol–water partition coefficient (Wildman–Crippen LogP) is -0.667. The normalized spacial score (nSPS) is 11.6. The number of imidazole rings is 1. The Hall–Kier alpha value is -3.43. The summed E-state index contributed by atoms with van der Waals surface area (Å²) in [7, 11) is 3.29. The van der Waals surface area contributed by atoms with Gasteiger partial charge in [0.1, 0.15) is 0 Å². The lowest BCUT2D eigenvalue weighted by Gasteiger charge is -2.08. The molecule has 4 heterocycles. The van der Waals surface area contributed by atoms with E-state index in [9.17, 15) is 14.4 Å². The van der Waals surface area contributed by atoms with Gasteiger partial charge < -0.3 is 4.57 Å². The Labute approximate surface area is 146 Å². The Morgan fingerprint density at radius 3 is 2.62 bits per heavy atom. The minimum atomic E-state index is -0.427. The number of hydrogen-bond acceptors (Lipinski definition) is 5. The van der Waals surface area contributed by atoms with Crippen LogP contribution in [0.25, 0.3) is 16.8 Å². The molecule has 0 saturated carbocycles. The first-order valence-electron chi connectivity index (χ1n) is 8.14. The standard InChI is InChI=1S/C16H17N7O3/c1-19-10-17-13-12(19)14(24)22(15(25)20(13)2)8-5-9-23-16(26)21-7-4-3-6-11(21)18-23/h3-4,6-7,10H,5,8-9H2,1-2H3. The molecule has 0 aliphatic rings. The molecule has 4 aromatic heterocycles. The zero-order valence-corrected chi connectivity index (χ0v) is 14.4. The van der Waals surface area contributed by atoms with Crippen molar-refractivity contribution in [2.24, 2.45) is 14.1 Å². The highest BCUT2D eigenvalue weighted by Crippen LogP contribution is 2.03. The first-order chi connectivity index (χ1) is 12.5. The number of hydrogen-bond donors (Lipinski definition) is 0. The summed E-state index contributed by atoms with van der Waals surface area (Å²) in [5.41, 5.74) is 0.228. The number of nitrogens with zero attached hydrogens (tertiary/aromatic N) is 7. The summed E-state index contributed by atoms with van der Waals surface area (Å²) in [4.78, 5) is 41.4. The third-order valence-corrected chi connectivity index (χ3v) is 4.44. The van der Waals surface area contributed by atoms with Crippen LogP contribution in [-0.2, 0) is 27.2 Å². The van der Waals surface area contributed by atoms with Gasteiger partial charge in [-0.2, -0.15) is 0 Å². The van der Waals surface area contributed by atoms with Crippen LogP contribution in [0.4, 0.5) is 0 Å². The van der Waals surface area contributed by atoms with Crippen LogP contribution >= 0.6 is 0 Å². The van der Waals surface area contributed by atoms with E-state index in [1.807, 2.05) is 0 Å². The van der Waals surface area contributed by atoms with Gasteiger partial charge in [-0.1, -0.05) is 6.07 Å². The van der Waals surface area contributed by atoms with E-state index in [-0.39, 0.29) is 17.8 Å². The highest BCUT2D eigenvalue weighted by Gasteiger charge is 2.15. The molecule has 0 spiro atoms. The Morgan fingerprint density at radius 2 is 1.85 bits per heavy atom. The van der Waals surface area contributed by atoms with Gasteiger partial charge in [-0.05, 0) is 18.6 Å². The van der Waals surface area contributed by atoms with Crippen molar-refractivity contribution in [3.05, 3.63) is 62.0 Å². The SMILES string of the molecule is Cn1cnc2c1c(=O)n(CCCn1nc3ccccn3c1=O)c(=O)n2C. The summed E-state index contributed by atoms with van der Waals surface area (Å²) in [5, 5.41) is 4.24. The van der Waals surface area contributed by atoms with Crippen LogP contribution in [0.1, 0.15) is 6.42 Å². The van der Waals surface area contributed by atoms with Gasteiger partial charge in [-0.25, -0.2) is 19.3 Å². The summed E-state index contributed by atoms with van der Waals surface area (Å²) in [6.07, 6.45) is 3.58. The van der Waals surface area contributed by atoms with Crippen molar-refractivity contribution in [2.75, 3.05) is 0 Å². The van der Waals surface area contributed by atoms with E-state index in [0.29, 0.717) is 29.8 Å². The zero-order valence-electron chi connectivity index (χ0n) is 14.4. The van der Waals surface area contributed by atoms with E-state index in [0.717, 1.165) is 0 Å². The monoisotopic (exact) mass is 355 g/mol. The van der Waals surface area contributed by atoms with E-state index in [1.165, 1.54) is 24.5 Å². The van der Waals surface area contributed by atoms with Crippen molar-refractivity contribution in [1.29, 1.82) is 0 Å². The van der Waals surface area contributed by atoms with Gasteiger partial charge in [0.15, 0.2) is 16.8 Å². The van der Waals surface area contributed by atoms with E-state index < -0.39 is 5.69 Å². The van der Waals surface area contributed by atoms with Crippen molar-refractivity contribution in [1.82, 2.24) is 32.9 Å². The van der Waals surface area contributed by atoms with Crippen LogP contribution in [0.5, 0.6) is 0 Å². The molecule has 0 aliphatic carbocycles. The van der Waals surface area contributed by atoms with Crippen molar-refractivity contribution < 1.29 is 0 Å². The molecule has 0 bridgehead atoms. The molecule has 0 unspecified atom stereocenters. The van der Waals surface area contributed by atoms with Gasteiger partial charge in [0.2, 0.25) is 0 Å². The van der Waals surface area contributed by atoms with Crippen LogP contribution in [0.15, 0.2) is 45.1 Å². The topological polar surface area (TPSA) is 101 Å². The van der Waals surface area contributed by atoms with Crippen molar-refractivity contribution >= 4 is 16.8 Å². The maximum atomic E-state index is 12.6. The van der Waals surface area contributed by atoms with Crippen molar-refractivity contribution in [3.8, 4) is 0 Å². The minimum Gasteiger partial charge on any atom is -0.328 e. The highest BCUT2D eigenvalue weighted by atomic mass is 16.2. The summed E-state index contributed by atoms with van der Waals surface area (Å²) in [6.45, 7) is 0.493. The second kappa shape index (κ2) is 5.83. The van der Waals surface area contributed by atoms with E-state index in [1.54, 1.807) is 43.1 Å². The lowest BCUT2D eigenvalue weighted by Crippen LogP contribution is -2.40. The van der Waals surface area contributed by atoms with Gasteiger partial charge >= 0.3 is 11.4 Å². The molecule has 0 radical (unpaired) electrons. The smallest absolute Gasteiger partial charge is 0.328 e. The first kappa shape index (κ1) is 16.1. The predicted molar refractivity (Wildman–Crippen MR) is 94.3 cm³/mol. The van der Waals surface area contributed by atoms with E-state index >= 15 is 0 Å². The lowest BCUT2D eigenvalue weighted by atomic mass is 10.4. The van der Waals surface area contributed by atoms with Crippen LogP contribution in [-0.4, -0.2) is 32.9 Å². The number of fused-ring (bicyclic) bond motifs is 2.